The molecule has 1 aromatic heterocycles. The molecule has 118 valence electrons. The Bertz CT molecular complexity index is 557. The molecular formula is C15H25N3O2S. The topological polar surface area (TPSA) is 71.1 Å². The molecule has 0 radical (unpaired) electrons. The summed E-state index contributed by atoms with van der Waals surface area (Å²) in [6, 6.07) is 3.39. The molecular weight excluding hydrogens is 286 g/mol. The SMILES string of the molecule is CNCc1ccc(S(=O)(=O)NC2CCC(C)(C)CC2)nc1. The Morgan fingerprint density at radius 2 is 1.95 bits per heavy atom. The second kappa shape index (κ2) is 6.42. The summed E-state index contributed by atoms with van der Waals surface area (Å²) in [5.41, 5.74) is 1.30. The van der Waals surface area contributed by atoms with E-state index < -0.39 is 10.0 Å². The minimum Gasteiger partial charge on any atom is -0.316 e. The number of sulfonamides is 1. The molecule has 1 fully saturated rings. The van der Waals surface area contributed by atoms with Crippen LogP contribution in [0.3, 0.4) is 0 Å². The average molecular weight is 311 g/mol. The molecule has 1 aliphatic carbocycles. The first-order valence-corrected chi connectivity index (χ1v) is 8.93. The number of hydrogen-bond donors (Lipinski definition) is 2. The highest BCUT2D eigenvalue weighted by Crippen LogP contribution is 2.35. The molecule has 0 saturated heterocycles. The van der Waals surface area contributed by atoms with Gasteiger partial charge in [-0.1, -0.05) is 19.9 Å². The number of hydrogen-bond acceptors (Lipinski definition) is 4. The standard InChI is InChI=1S/C15H25N3O2S/c1-15(2)8-6-13(7-9-15)18-21(19,20)14-5-4-12(10-16-3)11-17-14/h4-5,11,13,16,18H,6-10H2,1-3H3. The summed E-state index contributed by atoms with van der Waals surface area (Å²) in [5.74, 6) is 0. The quantitative estimate of drug-likeness (QED) is 0.873. The molecule has 2 rings (SSSR count). The maximum Gasteiger partial charge on any atom is 0.258 e. The van der Waals surface area contributed by atoms with Crippen molar-refractivity contribution in [1.82, 2.24) is 15.0 Å². The molecule has 6 heteroatoms. The van der Waals surface area contributed by atoms with Gasteiger partial charge in [0.25, 0.3) is 10.0 Å². The van der Waals surface area contributed by atoms with Gasteiger partial charge in [0.15, 0.2) is 5.03 Å². The van der Waals surface area contributed by atoms with Gasteiger partial charge in [-0.25, -0.2) is 18.1 Å². The Hall–Kier alpha value is -0.980. The molecule has 1 saturated carbocycles. The Morgan fingerprint density at radius 3 is 2.48 bits per heavy atom. The third-order valence-corrected chi connectivity index (χ3v) is 5.55. The van der Waals surface area contributed by atoms with Crippen LogP contribution in [0.5, 0.6) is 0 Å². The highest BCUT2D eigenvalue weighted by Gasteiger charge is 2.29. The van der Waals surface area contributed by atoms with Crippen LogP contribution in [0.25, 0.3) is 0 Å². The Labute approximate surface area is 127 Å². The highest BCUT2D eigenvalue weighted by molar-refractivity contribution is 7.89. The Kier molecular flexibility index (Phi) is 5.01. The van der Waals surface area contributed by atoms with E-state index in [4.69, 9.17) is 0 Å². The molecule has 2 N–H and O–H groups in total. The Morgan fingerprint density at radius 1 is 1.29 bits per heavy atom. The van der Waals surface area contributed by atoms with E-state index in [2.05, 4.69) is 28.9 Å². The lowest BCUT2D eigenvalue weighted by Gasteiger charge is -2.34. The zero-order chi connectivity index (χ0) is 15.5. The van der Waals surface area contributed by atoms with Crippen LogP contribution in [-0.2, 0) is 16.6 Å². The van der Waals surface area contributed by atoms with Crippen molar-refractivity contribution in [2.24, 2.45) is 5.41 Å². The van der Waals surface area contributed by atoms with E-state index in [1.54, 1.807) is 18.3 Å². The maximum absolute atomic E-state index is 12.3. The summed E-state index contributed by atoms with van der Waals surface area (Å²) in [5, 5.41) is 3.11. The normalized spacial score (nSPS) is 19.6. The maximum atomic E-state index is 12.3. The number of aromatic nitrogens is 1. The fourth-order valence-corrected chi connectivity index (χ4v) is 3.91. The van der Waals surface area contributed by atoms with Crippen molar-refractivity contribution in [3.8, 4) is 0 Å². The second-order valence-corrected chi connectivity index (χ2v) is 8.26. The number of nitrogens with zero attached hydrogens (tertiary/aromatic N) is 1. The van der Waals surface area contributed by atoms with Crippen LogP contribution in [0.4, 0.5) is 0 Å². The van der Waals surface area contributed by atoms with E-state index in [0.717, 1.165) is 31.2 Å². The van der Waals surface area contributed by atoms with Crippen molar-refractivity contribution < 1.29 is 8.42 Å². The van der Waals surface area contributed by atoms with Crippen molar-refractivity contribution >= 4 is 10.0 Å². The molecule has 5 nitrogen and oxygen atoms in total. The molecule has 0 unspecified atom stereocenters. The van der Waals surface area contributed by atoms with Crippen molar-refractivity contribution in [3.05, 3.63) is 23.9 Å². The molecule has 1 heterocycles. The van der Waals surface area contributed by atoms with E-state index in [0.29, 0.717) is 12.0 Å². The molecule has 0 atom stereocenters. The number of pyridine rings is 1. The van der Waals surface area contributed by atoms with Crippen LogP contribution in [0.2, 0.25) is 0 Å². The summed E-state index contributed by atoms with van der Waals surface area (Å²) in [6.07, 6.45) is 5.49. The van der Waals surface area contributed by atoms with Crippen molar-refractivity contribution in [2.45, 2.75) is 57.1 Å². The first-order chi connectivity index (χ1) is 9.82. The van der Waals surface area contributed by atoms with Crippen molar-refractivity contribution in [3.63, 3.8) is 0 Å². The van der Waals surface area contributed by atoms with Crippen LogP contribution >= 0.6 is 0 Å². The lowest BCUT2D eigenvalue weighted by atomic mass is 9.76. The van der Waals surface area contributed by atoms with E-state index in [1.807, 2.05) is 7.05 Å². The van der Waals surface area contributed by atoms with Crippen LogP contribution in [0.15, 0.2) is 23.4 Å². The molecule has 21 heavy (non-hydrogen) atoms. The first kappa shape index (κ1) is 16.4. The van der Waals surface area contributed by atoms with E-state index in [-0.39, 0.29) is 11.1 Å². The zero-order valence-corrected chi connectivity index (χ0v) is 13.8. The van der Waals surface area contributed by atoms with Crippen LogP contribution in [0.1, 0.15) is 45.1 Å². The lowest BCUT2D eigenvalue weighted by Crippen LogP contribution is -2.39. The number of nitrogens with one attached hydrogen (secondary N) is 2. The minimum absolute atomic E-state index is 0.0295. The zero-order valence-electron chi connectivity index (χ0n) is 13.0. The fourth-order valence-electron chi connectivity index (χ4n) is 2.68. The molecule has 0 bridgehead atoms. The average Bonchev–Trinajstić information content (AvgIpc) is 2.42. The van der Waals surface area contributed by atoms with Gasteiger partial charge in [-0.15, -0.1) is 0 Å². The fraction of sp³-hybridized carbons (Fsp3) is 0.667. The van der Waals surface area contributed by atoms with E-state index >= 15 is 0 Å². The summed E-state index contributed by atoms with van der Waals surface area (Å²) in [4.78, 5) is 4.07. The molecule has 0 spiro atoms. The smallest absolute Gasteiger partial charge is 0.258 e. The Balaban J connectivity index is 2.01. The molecule has 1 aromatic rings. The van der Waals surface area contributed by atoms with Gasteiger partial charge in [0.05, 0.1) is 0 Å². The van der Waals surface area contributed by atoms with Gasteiger partial charge in [-0.2, -0.15) is 0 Å². The largest absolute Gasteiger partial charge is 0.316 e. The molecule has 0 amide bonds. The van der Waals surface area contributed by atoms with Crippen LogP contribution in [0, 0.1) is 5.41 Å². The monoisotopic (exact) mass is 311 g/mol. The van der Waals surface area contributed by atoms with Gasteiger partial charge in [0.2, 0.25) is 0 Å². The summed E-state index contributed by atoms with van der Waals surface area (Å²) in [6.45, 7) is 5.15. The predicted molar refractivity (Wildman–Crippen MR) is 83.4 cm³/mol. The first-order valence-electron chi connectivity index (χ1n) is 7.44. The van der Waals surface area contributed by atoms with Crippen molar-refractivity contribution in [2.75, 3.05) is 7.05 Å². The summed E-state index contributed by atoms with van der Waals surface area (Å²) < 4.78 is 27.5. The van der Waals surface area contributed by atoms with Crippen LogP contribution in [-0.4, -0.2) is 26.5 Å². The van der Waals surface area contributed by atoms with E-state index in [9.17, 15) is 8.42 Å². The number of rotatable bonds is 5. The summed E-state index contributed by atoms with van der Waals surface area (Å²) in [7, 11) is -1.67. The van der Waals surface area contributed by atoms with Gasteiger partial charge in [0.1, 0.15) is 0 Å². The third kappa shape index (κ3) is 4.49. The van der Waals surface area contributed by atoms with Gasteiger partial charge < -0.3 is 5.32 Å². The van der Waals surface area contributed by atoms with Gasteiger partial charge >= 0.3 is 0 Å². The van der Waals surface area contributed by atoms with E-state index in [1.165, 1.54) is 0 Å². The van der Waals surface area contributed by atoms with Gasteiger partial charge in [-0.3, -0.25) is 0 Å². The van der Waals surface area contributed by atoms with Crippen molar-refractivity contribution in [1.29, 1.82) is 0 Å². The predicted octanol–water partition coefficient (Wildman–Crippen LogP) is 2.05. The van der Waals surface area contributed by atoms with Gasteiger partial charge in [0, 0.05) is 18.8 Å². The summed E-state index contributed by atoms with van der Waals surface area (Å²) >= 11 is 0. The molecule has 1 aliphatic rings. The molecule has 0 aliphatic heterocycles. The molecule has 0 aromatic carbocycles. The highest BCUT2D eigenvalue weighted by atomic mass is 32.2. The lowest BCUT2D eigenvalue weighted by molar-refractivity contribution is 0.218. The second-order valence-electron chi connectivity index (χ2n) is 6.59. The van der Waals surface area contributed by atoms with Gasteiger partial charge in [-0.05, 0) is 49.8 Å². The minimum atomic E-state index is -3.51. The van der Waals surface area contributed by atoms with Crippen LogP contribution < -0.4 is 10.0 Å². The third-order valence-electron chi connectivity index (χ3n) is 4.11.